The molecule has 0 aliphatic carbocycles. The van der Waals surface area contributed by atoms with Gasteiger partial charge in [0, 0.05) is 19.3 Å². The number of rotatable bonds is 5. The molecule has 18 heavy (non-hydrogen) atoms. The normalized spacial score (nSPS) is 12.3. The zero-order chi connectivity index (χ0) is 13.7. The Morgan fingerprint density at radius 1 is 1.44 bits per heavy atom. The van der Waals surface area contributed by atoms with Gasteiger partial charge in [0.05, 0.1) is 25.4 Å². The lowest BCUT2D eigenvalue weighted by Gasteiger charge is -2.25. The number of hydrogen-bond acceptors (Lipinski definition) is 4. The summed E-state index contributed by atoms with van der Waals surface area (Å²) in [5, 5.41) is 0. The highest BCUT2D eigenvalue weighted by atomic mass is 16.5. The summed E-state index contributed by atoms with van der Waals surface area (Å²) >= 11 is 0. The Hall–Kier alpha value is -1.62. The zero-order valence-electron chi connectivity index (χ0n) is 11.7. The topological polar surface area (TPSA) is 45.7 Å². The Morgan fingerprint density at radius 3 is 2.67 bits per heavy atom. The highest BCUT2D eigenvalue weighted by Gasteiger charge is 2.19. The van der Waals surface area contributed by atoms with Gasteiger partial charge >= 0.3 is 0 Å². The smallest absolute Gasteiger partial charge is 0.239 e. The second-order valence-electron chi connectivity index (χ2n) is 4.52. The van der Waals surface area contributed by atoms with Crippen molar-refractivity contribution in [3.63, 3.8) is 0 Å². The predicted molar refractivity (Wildman–Crippen MR) is 70.4 cm³/mol. The van der Waals surface area contributed by atoms with Crippen LogP contribution in [-0.2, 0) is 11.3 Å². The van der Waals surface area contributed by atoms with E-state index in [9.17, 15) is 4.79 Å². The van der Waals surface area contributed by atoms with Gasteiger partial charge in [-0.25, -0.2) is 0 Å². The average molecular weight is 251 g/mol. The molecule has 100 valence electrons. The first kappa shape index (κ1) is 14.4. The molecule has 0 bridgehead atoms. The highest BCUT2D eigenvalue weighted by molar-refractivity contribution is 5.81. The van der Waals surface area contributed by atoms with E-state index in [-0.39, 0.29) is 11.9 Å². The summed E-state index contributed by atoms with van der Waals surface area (Å²) in [6.45, 7) is 2.37. The average Bonchev–Trinajstić information content (AvgIpc) is 2.36. The first-order chi connectivity index (χ1) is 8.45. The van der Waals surface area contributed by atoms with Crippen molar-refractivity contribution in [3.8, 4) is 5.75 Å². The lowest BCUT2D eigenvalue weighted by Crippen LogP contribution is -2.42. The molecule has 0 aromatic carbocycles. The van der Waals surface area contributed by atoms with Crippen LogP contribution in [0, 0.1) is 0 Å². The Balaban J connectivity index is 2.69. The van der Waals surface area contributed by atoms with Gasteiger partial charge in [-0.05, 0) is 27.1 Å². The molecular formula is C13H21N3O2. The predicted octanol–water partition coefficient (Wildman–Crippen LogP) is 0.999. The minimum atomic E-state index is -0.138. The summed E-state index contributed by atoms with van der Waals surface area (Å²) in [5.41, 5.74) is 0.816. The van der Waals surface area contributed by atoms with Crippen molar-refractivity contribution in [2.45, 2.75) is 19.5 Å². The summed E-state index contributed by atoms with van der Waals surface area (Å²) in [7, 11) is 7.17. The molecule has 0 unspecified atom stereocenters. The van der Waals surface area contributed by atoms with Gasteiger partial charge in [-0.15, -0.1) is 0 Å². The number of pyridine rings is 1. The van der Waals surface area contributed by atoms with Crippen molar-refractivity contribution in [2.24, 2.45) is 0 Å². The van der Waals surface area contributed by atoms with E-state index in [1.165, 1.54) is 0 Å². The molecule has 0 radical (unpaired) electrons. The number of methoxy groups -OCH3 is 1. The second kappa shape index (κ2) is 6.35. The molecule has 0 saturated heterocycles. The maximum Gasteiger partial charge on any atom is 0.239 e. The van der Waals surface area contributed by atoms with E-state index in [1.54, 1.807) is 31.3 Å². The Labute approximate surface area is 108 Å². The Morgan fingerprint density at radius 2 is 2.11 bits per heavy atom. The van der Waals surface area contributed by atoms with Crippen molar-refractivity contribution < 1.29 is 9.53 Å². The fourth-order valence-corrected chi connectivity index (χ4v) is 1.53. The van der Waals surface area contributed by atoms with Crippen LogP contribution >= 0.6 is 0 Å². The first-order valence-electron chi connectivity index (χ1n) is 5.86. The monoisotopic (exact) mass is 251 g/mol. The third-order valence-corrected chi connectivity index (χ3v) is 2.93. The largest absolute Gasteiger partial charge is 0.497 e. The number of carbonyl (C=O) groups is 1. The van der Waals surface area contributed by atoms with E-state index in [0.717, 1.165) is 11.4 Å². The zero-order valence-corrected chi connectivity index (χ0v) is 11.7. The molecule has 1 heterocycles. The van der Waals surface area contributed by atoms with Crippen molar-refractivity contribution in [1.82, 2.24) is 14.8 Å². The van der Waals surface area contributed by atoms with E-state index >= 15 is 0 Å². The van der Waals surface area contributed by atoms with Crippen LogP contribution in [0.15, 0.2) is 18.3 Å². The van der Waals surface area contributed by atoms with E-state index in [1.807, 2.05) is 32.0 Å². The fraction of sp³-hybridized carbons (Fsp3) is 0.538. The van der Waals surface area contributed by atoms with Crippen LogP contribution in [0.25, 0.3) is 0 Å². The van der Waals surface area contributed by atoms with Gasteiger partial charge in [-0.2, -0.15) is 0 Å². The quantitative estimate of drug-likeness (QED) is 0.783. The first-order valence-corrected chi connectivity index (χ1v) is 5.86. The van der Waals surface area contributed by atoms with Gasteiger partial charge in [-0.1, -0.05) is 0 Å². The number of carbonyl (C=O) groups excluding carboxylic acids is 1. The van der Waals surface area contributed by atoms with Crippen molar-refractivity contribution >= 4 is 5.91 Å². The van der Waals surface area contributed by atoms with Crippen LogP contribution in [0.3, 0.4) is 0 Å². The fourth-order valence-electron chi connectivity index (χ4n) is 1.53. The minimum absolute atomic E-state index is 0.0737. The molecule has 1 amide bonds. The van der Waals surface area contributed by atoms with Crippen LogP contribution in [-0.4, -0.2) is 55.0 Å². The minimum Gasteiger partial charge on any atom is -0.497 e. The maximum absolute atomic E-state index is 12.1. The summed E-state index contributed by atoms with van der Waals surface area (Å²) in [5.74, 6) is 0.825. The van der Waals surface area contributed by atoms with Crippen LogP contribution in [0.4, 0.5) is 0 Å². The molecule has 5 heteroatoms. The molecular weight excluding hydrogens is 230 g/mol. The molecule has 0 spiro atoms. The molecule has 0 aliphatic heterocycles. The highest BCUT2D eigenvalue weighted by Crippen LogP contribution is 2.12. The number of ether oxygens (including phenoxy) is 1. The summed E-state index contributed by atoms with van der Waals surface area (Å²) in [6, 6.07) is 3.48. The number of aromatic nitrogens is 1. The number of likely N-dealkylation sites (N-methyl/N-ethyl adjacent to an activating group) is 2. The molecule has 1 aromatic heterocycles. The molecule has 5 nitrogen and oxygen atoms in total. The van der Waals surface area contributed by atoms with Crippen LogP contribution < -0.4 is 4.74 Å². The van der Waals surface area contributed by atoms with E-state index in [4.69, 9.17) is 4.74 Å². The van der Waals surface area contributed by atoms with Crippen LogP contribution in [0.2, 0.25) is 0 Å². The van der Waals surface area contributed by atoms with Crippen LogP contribution in [0.5, 0.6) is 5.75 Å². The molecule has 1 rings (SSSR count). The van der Waals surface area contributed by atoms with Crippen LogP contribution in [0.1, 0.15) is 12.6 Å². The molecule has 0 saturated carbocycles. The van der Waals surface area contributed by atoms with Crippen molar-refractivity contribution in [2.75, 3.05) is 28.3 Å². The van der Waals surface area contributed by atoms with Gasteiger partial charge in [0.25, 0.3) is 0 Å². The summed E-state index contributed by atoms with van der Waals surface area (Å²) < 4.78 is 5.13. The SMILES string of the molecule is COc1ccnc(CN(C)C(=O)[C@@H](C)N(C)C)c1. The lowest BCUT2D eigenvalue weighted by atomic mass is 10.2. The van der Waals surface area contributed by atoms with Gasteiger partial charge in [-0.3, -0.25) is 14.7 Å². The lowest BCUT2D eigenvalue weighted by molar-refractivity contribution is -0.134. The number of hydrogen-bond donors (Lipinski definition) is 0. The Kier molecular flexibility index (Phi) is 5.09. The van der Waals surface area contributed by atoms with E-state index < -0.39 is 0 Å². The van der Waals surface area contributed by atoms with Gasteiger partial charge in [0.15, 0.2) is 0 Å². The van der Waals surface area contributed by atoms with Gasteiger partial charge < -0.3 is 9.64 Å². The van der Waals surface area contributed by atoms with Gasteiger partial charge in [0.1, 0.15) is 5.75 Å². The summed E-state index contributed by atoms with van der Waals surface area (Å²) in [4.78, 5) is 19.9. The summed E-state index contributed by atoms with van der Waals surface area (Å²) in [6.07, 6.45) is 1.68. The third kappa shape index (κ3) is 3.70. The van der Waals surface area contributed by atoms with Crippen molar-refractivity contribution in [1.29, 1.82) is 0 Å². The van der Waals surface area contributed by atoms with Gasteiger partial charge in [0.2, 0.25) is 5.91 Å². The third-order valence-electron chi connectivity index (χ3n) is 2.93. The number of nitrogens with zero attached hydrogens (tertiary/aromatic N) is 3. The Bertz CT molecular complexity index is 407. The number of amides is 1. The second-order valence-corrected chi connectivity index (χ2v) is 4.52. The molecule has 0 N–H and O–H groups in total. The molecule has 0 aliphatic rings. The van der Waals surface area contributed by atoms with E-state index in [2.05, 4.69) is 4.98 Å². The molecule has 1 aromatic rings. The van der Waals surface area contributed by atoms with Crippen molar-refractivity contribution in [3.05, 3.63) is 24.0 Å². The molecule has 0 fully saturated rings. The van der Waals surface area contributed by atoms with E-state index in [0.29, 0.717) is 6.54 Å². The molecule has 1 atom stereocenters. The maximum atomic E-state index is 12.1. The standard InChI is InChI=1S/C13H21N3O2/c1-10(15(2)3)13(17)16(4)9-11-8-12(18-5)6-7-14-11/h6-8,10H,9H2,1-5H3/t10-/m1/s1.